The van der Waals surface area contributed by atoms with Crippen molar-refractivity contribution in [3.8, 4) is 10.4 Å². The first-order valence-corrected chi connectivity index (χ1v) is 6.91. The Balaban J connectivity index is 2.08. The van der Waals surface area contributed by atoms with Gasteiger partial charge in [0, 0.05) is 34.9 Å². The summed E-state index contributed by atoms with van der Waals surface area (Å²) in [6.07, 6.45) is 2.60. The Kier molecular flexibility index (Phi) is 2.77. The molecule has 0 radical (unpaired) electrons. The van der Waals surface area contributed by atoms with Crippen molar-refractivity contribution in [2.24, 2.45) is 0 Å². The molecule has 0 atom stereocenters. The van der Waals surface area contributed by atoms with Gasteiger partial charge in [-0.2, -0.15) is 0 Å². The van der Waals surface area contributed by atoms with Crippen LogP contribution < -0.4 is 10.6 Å². The van der Waals surface area contributed by atoms with Crippen LogP contribution in [0.25, 0.3) is 10.4 Å². The second kappa shape index (κ2) is 4.41. The lowest BCUT2D eigenvalue weighted by Crippen LogP contribution is -2.18. The largest absolute Gasteiger partial charge is 0.399 e. The van der Waals surface area contributed by atoms with Gasteiger partial charge < -0.3 is 10.6 Å². The van der Waals surface area contributed by atoms with E-state index in [0.717, 1.165) is 5.69 Å². The van der Waals surface area contributed by atoms with Gasteiger partial charge in [-0.1, -0.05) is 6.07 Å². The normalized spacial score (nSPS) is 15.4. The number of nitrogens with zero attached hydrogens (tertiary/aromatic N) is 1. The van der Waals surface area contributed by atoms with Crippen LogP contribution in [-0.4, -0.2) is 13.1 Å². The summed E-state index contributed by atoms with van der Waals surface area (Å²) in [5, 5.41) is 2.12. The van der Waals surface area contributed by atoms with Gasteiger partial charge >= 0.3 is 0 Å². The molecule has 1 fully saturated rings. The lowest BCUT2D eigenvalue weighted by molar-refractivity contribution is 0.949. The topological polar surface area (TPSA) is 29.3 Å². The highest BCUT2D eigenvalue weighted by Gasteiger charge is 2.16. The van der Waals surface area contributed by atoms with E-state index in [2.05, 4.69) is 34.5 Å². The maximum Gasteiger partial charge on any atom is 0.0455 e. The van der Waals surface area contributed by atoms with Crippen LogP contribution >= 0.6 is 11.3 Å². The molecule has 0 bridgehead atoms. The third-order valence-corrected chi connectivity index (χ3v) is 4.16. The van der Waals surface area contributed by atoms with Crippen molar-refractivity contribution >= 4 is 22.7 Å². The quantitative estimate of drug-likeness (QED) is 0.818. The molecule has 3 heteroatoms. The Hall–Kier alpha value is -1.48. The molecule has 0 saturated carbocycles. The Morgan fingerprint density at radius 3 is 2.65 bits per heavy atom. The van der Waals surface area contributed by atoms with Gasteiger partial charge in [-0.25, -0.2) is 0 Å². The van der Waals surface area contributed by atoms with E-state index in [4.69, 9.17) is 5.73 Å². The average molecular weight is 244 g/mol. The fourth-order valence-corrected chi connectivity index (χ4v) is 3.17. The number of hydrogen-bond acceptors (Lipinski definition) is 3. The molecule has 2 nitrogen and oxygen atoms in total. The van der Waals surface area contributed by atoms with E-state index >= 15 is 0 Å². The Morgan fingerprint density at radius 1 is 1.12 bits per heavy atom. The number of nitrogens with two attached hydrogens (primary N) is 1. The van der Waals surface area contributed by atoms with Crippen LogP contribution in [0.3, 0.4) is 0 Å². The number of anilines is 2. The minimum atomic E-state index is 0.844. The van der Waals surface area contributed by atoms with E-state index in [-0.39, 0.29) is 0 Å². The fourth-order valence-electron chi connectivity index (χ4n) is 2.42. The first kappa shape index (κ1) is 10.7. The zero-order chi connectivity index (χ0) is 11.7. The van der Waals surface area contributed by atoms with E-state index in [1.807, 2.05) is 6.07 Å². The van der Waals surface area contributed by atoms with E-state index in [0.29, 0.717) is 0 Å². The standard InChI is InChI=1S/C14H16N2S/c15-11-5-6-13(16-7-1-2-8-16)12(10-11)14-4-3-9-17-14/h3-6,9-10H,1-2,7-8,15H2. The van der Waals surface area contributed by atoms with Crippen LogP contribution in [0, 0.1) is 0 Å². The summed E-state index contributed by atoms with van der Waals surface area (Å²) in [6.45, 7) is 2.34. The second-order valence-corrected chi connectivity index (χ2v) is 5.40. The molecule has 1 aromatic heterocycles. The summed E-state index contributed by atoms with van der Waals surface area (Å²) in [5.41, 5.74) is 9.37. The van der Waals surface area contributed by atoms with Crippen LogP contribution in [0.5, 0.6) is 0 Å². The molecular formula is C14H16N2S. The zero-order valence-electron chi connectivity index (χ0n) is 9.73. The first-order valence-electron chi connectivity index (χ1n) is 6.03. The fraction of sp³-hybridized carbons (Fsp3) is 0.286. The minimum absolute atomic E-state index is 0.844. The summed E-state index contributed by atoms with van der Waals surface area (Å²) in [5.74, 6) is 0. The van der Waals surface area contributed by atoms with E-state index in [1.165, 1.54) is 42.1 Å². The van der Waals surface area contributed by atoms with Gasteiger partial charge in [0.25, 0.3) is 0 Å². The lowest BCUT2D eigenvalue weighted by Gasteiger charge is -2.21. The van der Waals surface area contributed by atoms with Gasteiger partial charge in [0.05, 0.1) is 0 Å². The molecule has 2 heterocycles. The van der Waals surface area contributed by atoms with Crippen molar-refractivity contribution in [2.75, 3.05) is 23.7 Å². The third-order valence-electron chi connectivity index (χ3n) is 3.25. The monoisotopic (exact) mass is 244 g/mol. The van der Waals surface area contributed by atoms with Crippen molar-refractivity contribution < 1.29 is 0 Å². The highest BCUT2D eigenvalue weighted by molar-refractivity contribution is 7.13. The number of hydrogen-bond donors (Lipinski definition) is 1. The van der Waals surface area contributed by atoms with E-state index < -0.39 is 0 Å². The Morgan fingerprint density at radius 2 is 1.94 bits per heavy atom. The van der Waals surface area contributed by atoms with Crippen molar-refractivity contribution in [2.45, 2.75) is 12.8 Å². The number of benzene rings is 1. The van der Waals surface area contributed by atoms with Gasteiger partial charge in [-0.3, -0.25) is 0 Å². The molecule has 0 amide bonds. The number of thiophene rings is 1. The third kappa shape index (κ3) is 2.03. The summed E-state index contributed by atoms with van der Waals surface area (Å²) in [4.78, 5) is 3.77. The van der Waals surface area contributed by atoms with Gasteiger partial charge in [-0.05, 0) is 42.5 Å². The number of nitrogen functional groups attached to an aromatic ring is 1. The molecule has 0 aliphatic carbocycles. The molecule has 1 aliphatic rings. The van der Waals surface area contributed by atoms with E-state index in [9.17, 15) is 0 Å². The maximum atomic E-state index is 5.92. The van der Waals surface area contributed by atoms with Crippen LogP contribution in [0.1, 0.15) is 12.8 Å². The van der Waals surface area contributed by atoms with Crippen LogP contribution in [0.4, 0.5) is 11.4 Å². The summed E-state index contributed by atoms with van der Waals surface area (Å²) in [7, 11) is 0. The second-order valence-electron chi connectivity index (χ2n) is 4.45. The van der Waals surface area contributed by atoms with Gasteiger partial charge in [0.2, 0.25) is 0 Å². The Bertz CT molecular complexity index is 499. The van der Waals surface area contributed by atoms with Gasteiger partial charge in [0.15, 0.2) is 0 Å². The minimum Gasteiger partial charge on any atom is -0.399 e. The van der Waals surface area contributed by atoms with Crippen LogP contribution in [0.15, 0.2) is 35.7 Å². The Labute approximate surface area is 106 Å². The van der Waals surface area contributed by atoms with Crippen molar-refractivity contribution in [3.05, 3.63) is 35.7 Å². The zero-order valence-corrected chi connectivity index (χ0v) is 10.5. The average Bonchev–Trinajstić information content (AvgIpc) is 3.02. The molecular weight excluding hydrogens is 228 g/mol. The smallest absolute Gasteiger partial charge is 0.0455 e. The maximum absolute atomic E-state index is 5.92. The molecule has 17 heavy (non-hydrogen) atoms. The van der Waals surface area contributed by atoms with Crippen molar-refractivity contribution in [3.63, 3.8) is 0 Å². The molecule has 88 valence electrons. The molecule has 3 rings (SSSR count). The lowest BCUT2D eigenvalue weighted by atomic mass is 10.1. The molecule has 1 saturated heterocycles. The van der Waals surface area contributed by atoms with Crippen LogP contribution in [0.2, 0.25) is 0 Å². The predicted molar refractivity (Wildman–Crippen MR) is 75.6 cm³/mol. The number of rotatable bonds is 2. The molecule has 0 spiro atoms. The molecule has 2 aromatic rings. The van der Waals surface area contributed by atoms with Gasteiger partial charge in [0.1, 0.15) is 0 Å². The van der Waals surface area contributed by atoms with Crippen molar-refractivity contribution in [1.29, 1.82) is 0 Å². The molecule has 0 unspecified atom stereocenters. The summed E-state index contributed by atoms with van der Waals surface area (Å²) < 4.78 is 0. The van der Waals surface area contributed by atoms with E-state index in [1.54, 1.807) is 11.3 Å². The van der Waals surface area contributed by atoms with Crippen LogP contribution in [-0.2, 0) is 0 Å². The summed E-state index contributed by atoms with van der Waals surface area (Å²) >= 11 is 1.78. The highest BCUT2D eigenvalue weighted by atomic mass is 32.1. The first-order chi connectivity index (χ1) is 8.34. The summed E-state index contributed by atoms with van der Waals surface area (Å²) in [6, 6.07) is 10.5. The highest BCUT2D eigenvalue weighted by Crippen LogP contribution is 2.36. The van der Waals surface area contributed by atoms with Crippen molar-refractivity contribution in [1.82, 2.24) is 0 Å². The molecule has 1 aliphatic heterocycles. The molecule has 2 N–H and O–H groups in total. The predicted octanol–water partition coefficient (Wildman–Crippen LogP) is 3.60. The van der Waals surface area contributed by atoms with Gasteiger partial charge in [-0.15, -0.1) is 11.3 Å². The molecule has 1 aromatic carbocycles. The SMILES string of the molecule is Nc1ccc(N2CCCC2)c(-c2cccs2)c1.